The molecule has 25 heavy (non-hydrogen) atoms. The first-order chi connectivity index (χ1) is 11.9. The number of thioether (sulfide) groups is 1. The zero-order chi connectivity index (χ0) is 18.1. The molecule has 1 aromatic carbocycles. The molecule has 2 heterocycles. The fraction of sp³-hybridized carbons (Fsp3) is 0.278. The van der Waals surface area contributed by atoms with Crippen LogP contribution in [0.4, 0.5) is 0 Å². The van der Waals surface area contributed by atoms with Crippen molar-refractivity contribution in [1.82, 2.24) is 9.97 Å². The molecule has 0 aliphatic carbocycles. The fourth-order valence-corrected chi connectivity index (χ4v) is 4.18. The van der Waals surface area contributed by atoms with E-state index in [0.717, 1.165) is 15.3 Å². The van der Waals surface area contributed by atoms with Gasteiger partial charge in [0.15, 0.2) is 11.9 Å². The van der Waals surface area contributed by atoms with Crippen LogP contribution in [0.3, 0.4) is 0 Å². The average molecular weight is 374 g/mol. The van der Waals surface area contributed by atoms with E-state index in [1.165, 1.54) is 23.1 Å². The first kappa shape index (κ1) is 17.7. The number of benzene rings is 1. The molecule has 0 saturated heterocycles. The van der Waals surface area contributed by atoms with Crippen LogP contribution in [0.25, 0.3) is 10.2 Å². The number of aromatic amines is 1. The number of H-pyrrole nitrogens is 1. The third kappa shape index (κ3) is 3.34. The third-order valence-corrected chi connectivity index (χ3v) is 5.95. The van der Waals surface area contributed by atoms with Gasteiger partial charge in [-0.15, -0.1) is 23.1 Å². The van der Waals surface area contributed by atoms with Gasteiger partial charge in [0.2, 0.25) is 0 Å². The van der Waals surface area contributed by atoms with Crippen molar-refractivity contribution in [2.24, 2.45) is 0 Å². The van der Waals surface area contributed by atoms with Crippen molar-refractivity contribution >= 4 is 39.3 Å². The predicted octanol–water partition coefficient (Wildman–Crippen LogP) is 4.24. The molecule has 3 aromatic rings. The summed E-state index contributed by atoms with van der Waals surface area (Å²) in [6.45, 7) is 5.58. The van der Waals surface area contributed by atoms with Crippen LogP contribution >= 0.6 is 23.1 Å². The van der Waals surface area contributed by atoms with E-state index in [1.807, 2.05) is 32.2 Å². The Hall–Kier alpha value is -2.12. The molecule has 0 radical (unpaired) electrons. The number of esters is 1. The van der Waals surface area contributed by atoms with E-state index in [-0.39, 0.29) is 5.56 Å². The number of carbonyl (C=O) groups is 1. The fourth-order valence-electron chi connectivity index (χ4n) is 2.56. The molecule has 0 unspecified atom stereocenters. The summed E-state index contributed by atoms with van der Waals surface area (Å²) in [4.78, 5) is 34.6. The number of hydrogen-bond donors (Lipinski definition) is 1. The number of thiophene rings is 1. The maximum atomic E-state index is 12.5. The normalized spacial score (nSPS) is 12.3. The van der Waals surface area contributed by atoms with Crippen molar-refractivity contribution in [2.45, 2.75) is 31.8 Å². The van der Waals surface area contributed by atoms with Gasteiger partial charge in [-0.2, -0.15) is 0 Å². The summed E-state index contributed by atoms with van der Waals surface area (Å²) >= 11 is 2.95. The van der Waals surface area contributed by atoms with Gasteiger partial charge < -0.3 is 9.72 Å². The second-order valence-corrected chi connectivity index (χ2v) is 7.71. The molecule has 3 rings (SSSR count). The zero-order valence-electron chi connectivity index (χ0n) is 14.4. The lowest BCUT2D eigenvalue weighted by Gasteiger charge is -2.14. The summed E-state index contributed by atoms with van der Waals surface area (Å²) < 4.78 is 5.53. The van der Waals surface area contributed by atoms with E-state index in [4.69, 9.17) is 4.74 Å². The van der Waals surface area contributed by atoms with Crippen LogP contribution < -0.4 is 5.56 Å². The zero-order valence-corrected chi connectivity index (χ0v) is 16.0. The minimum Gasteiger partial charge on any atom is -0.451 e. The summed E-state index contributed by atoms with van der Waals surface area (Å²) in [7, 11) is 0. The second-order valence-electron chi connectivity index (χ2n) is 5.66. The Morgan fingerprint density at radius 1 is 1.32 bits per heavy atom. The Kier molecular flexibility index (Phi) is 4.96. The Morgan fingerprint density at radius 3 is 2.76 bits per heavy atom. The minimum absolute atomic E-state index is 0.200. The van der Waals surface area contributed by atoms with Crippen molar-refractivity contribution in [3.63, 3.8) is 0 Å². The molecule has 0 saturated carbocycles. The van der Waals surface area contributed by atoms with Crippen LogP contribution in [0.1, 0.15) is 39.7 Å². The summed E-state index contributed by atoms with van der Waals surface area (Å²) in [5, 5.41) is 0.609. The van der Waals surface area contributed by atoms with Gasteiger partial charge in [0.1, 0.15) is 4.83 Å². The van der Waals surface area contributed by atoms with Crippen LogP contribution in [0.15, 0.2) is 34.0 Å². The Labute approximate surface area is 153 Å². The highest BCUT2D eigenvalue weighted by molar-refractivity contribution is 7.98. The predicted molar refractivity (Wildman–Crippen MR) is 102 cm³/mol. The number of nitrogens with one attached hydrogen (secondary N) is 1. The lowest BCUT2D eigenvalue weighted by Crippen LogP contribution is -2.17. The lowest BCUT2D eigenvalue weighted by atomic mass is 10.2. The summed E-state index contributed by atoms with van der Waals surface area (Å²) in [5.41, 5.74) is 1.25. The molecule has 130 valence electrons. The minimum atomic E-state index is -0.651. The molecule has 1 atom stereocenters. The van der Waals surface area contributed by atoms with E-state index >= 15 is 0 Å². The summed E-state index contributed by atoms with van der Waals surface area (Å²) in [6.07, 6.45) is 1.26. The smallest absolute Gasteiger partial charge is 0.339 e. The van der Waals surface area contributed by atoms with Crippen LogP contribution in [-0.2, 0) is 4.74 Å². The van der Waals surface area contributed by atoms with E-state index in [9.17, 15) is 9.59 Å². The molecule has 0 fully saturated rings. The molecular formula is C18H18N2O3S2. The van der Waals surface area contributed by atoms with Crippen LogP contribution in [0.2, 0.25) is 0 Å². The van der Waals surface area contributed by atoms with Crippen molar-refractivity contribution in [1.29, 1.82) is 0 Å². The van der Waals surface area contributed by atoms with Gasteiger partial charge in [0.25, 0.3) is 5.56 Å². The maximum absolute atomic E-state index is 12.5. The molecule has 7 heteroatoms. The van der Waals surface area contributed by atoms with Gasteiger partial charge in [-0.3, -0.25) is 4.79 Å². The van der Waals surface area contributed by atoms with Crippen molar-refractivity contribution < 1.29 is 9.53 Å². The molecule has 0 bridgehead atoms. The standard InChI is InChI=1S/C18H18N2O3S2/c1-9-11(3)25-17-14(9)16(21)19-15(20-17)10(2)23-18(22)12-7-5-6-8-13(12)24-4/h5-8,10H,1-4H3,(H,19,20,21)/t10-/m0/s1. The Morgan fingerprint density at radius 2 is 2.04 bits per heavy atom. The largest absolute Gasteiger partial charge is 0.451 e. The number of nitrogens with zero attached hydrogens (tertiary/aromatic N) is 1. The highest BCUT2D eigenvalue weighted by Gasteiger charge is 2.20. The highest BCUT2D eigenvalue weighted by Crippen LogP contribution is 2.27. The van der Waals surface area contributed by atoms with Crippen molar-refractivity contribution in [2.75, 3.05) is 6.26 Å². The van der Waals surface area contributed by atoms with Gasteiger partial charge in [-0.25, -0.2) is 9.78 Å². The van der Waals surface area contributed by atoms with Gasteiger partial charge in [0, 0.05) is 9.77 Å². The molecule has 0 spiro atoms. The van der Waals surface area contributed by atoms with Gasteiger partial charge in [0.05, 0.1) is 10.9 Å². The molecule has 5 nitrogen and oxygen atoms in total. The van der Waals surface area contributed by atoms with Gasteiger partial charge >= 0.3 is 5.97 Å². The van der Waals surface area contributed by atoms with Crippen LogP contribution in [-0.4, -0.2) is 22.2 Å². The van der Waals surface area contributed by atoms with Gasteiger partial charge in [-0.1, -0.05) is 12.1 Å². The molecule has 2 aromatic heterocycles. The number of hydrogen-bond acceptors (Lipinski definition) is 6. The van der Waals surface area contributed by atoms with E-state index in [1.54, 1.807) is 19.1 Å². The second kappa shape index (κ2) is 7.01. The van der Waals surface area contributed by atoms with Crippen LogP contribution in [0, 0.1) is 13.8 Å². The topological polar surface area (TPSA) is 72.0 Å². The molecule has 0 amide bonds. The van der Waals surface area contributed by atoms with Crippen molar-refractivity contribution in [3.8, 4) is 0 Å². The number of carbonyl (C=O) groups excluding carboxylic acids is 1. The number of rotatable bonds is 4. The van der Waals surface area contributed by atoms with Crippen molar-refractivity contribution in [3.05, 3.63) is 56.4 Å². The van der Waals surface area contributed by atoms with E-state index in [0.29, 0.717) is 21.6 Å². The molecular weight excluding hydrogens is 356 g/mol. The first-order valence-electron chi connectivity index (χ1n) is 7.76. The summed E-state index contributed by atoms with van der Waals surface area (Å²) in [5.74, 6) is -0.0764. The quantitative estimate of drug-likeness (QED) is 0.546. The van der Waals surface area contributed by atoms with E-state index in [2.05, 4.69) is 9.97 Å². The lowest BCUT2D eigenvalue weighted by molar-refractivity contribution is 0.0316. The highest BCUT2D eigenvalue weighted by atomic mass is 32.2. The maximum Gasteiger partial charge on any atom is 0.339 e. The number of aryl methyl sites for hydroxylation is 2. The number of aromatic nitrogens is 2. The third-order valence-electron chi connectivity index (χ3n) is 4.05. The van der Waals surface area contributed by atoms with E-state index < -0.39 is 12.1 Å². The molecule has 0 aliphatic heterocycles. The number of fused-ring (bicyclic) bond motifs is 1. The molecule has 0 aliphatic rings. The summed E-state index contributed by atoms with van der Waals surface area (Å²) in [6, 6.07) is 7.27. The Balaban J connectivity index is 1.91. The molecule has 1 N–H and O–H groups in total. The monoisotopic (exact) mass is 374 g/mol. The number of ether oxygens (including phenoxy) is 1. The first-order valence-corrected chi connectivity index (χ1v) is 9.80. The SMILES string of the molecule is CSc1ccccc1C(=O)O[C@@H](C)c1nc2sc(C)c(C)c2c(=O)[nH]1. The average Bonchev–Trinajstić information content (AvgIpc) is 2.89. The van der Waals surface area contributed by atoms with Crippen LogP contribution in [0.5, 0.6) is 0 Å². The van der Waals surface area contributed by atoms with Gasteiger partial charge in [-0.05, 0) is 44.7 Å². The Bertz CT molecular complexity index is 1010.